The molecule has 140 valence electrons. The van der Waals surface area contributed by atoms with E-state index in [1.165, 1.54) is 18.2 Å². The average molecular weight is 428 g/mol. The van der Waals surface area contributed by atoms with Crippen LogP contribution in [-0.2, 0) is 16.1 Å². The lowest BCUT2D eigenvalue weighted by molar-refractivity contribution is -0.144. The molecule has 5 nitrogen and oxygen atoms in total. The summed E-state index contributed by atoms with van der Waals surface area (Å²) in [7, 11) is 1.45. The van der Waals surface area contributed by atoms with E-state index in [4.69, 9.17) is 9.72 Å². The highest BCUT2D eigenvalue weighted by Gasteiger charge is 2.29. The van der Waals surface area contributed by atoms with Crippen molar-refractivity contribution in [3.05, 3.63) is 52.1 Å². The van der Waals surface area contributed by atoms with Crippen LogP contribution in [0.3, 0.4) is 0 Å². The van der Waals surface area contributed by atoms with Crippen molar-refractivity contribution >= 4 is 32.9 Å². The van der Waals surface area contributed by atoms with E-state index >= 15 is 0 Å². The van der Waals surface area contributed by atoms with E-state index in [0.29, 0.717) is 0 Å². The molecule has 1 aliphatic heterocycles. The molecule has 1 fully saturated rings. The number of likely N-dealkylation sites (tertiary alicyclic amines) is 1. The predicted octanol–water partition coefficient (Wildman–Crippen LogP) is 4.30. The molecule has 3 heterocycles. The van der Waals surface area contributed by atoms with Gasteiger partial charge in [0.05, 0.1) is 18.7 Å². The number of aromatic nitrogens is 2. The summed E-state index contributed by atoms with van der Waals surface area (Å²) in [6.07, 6.45) is 0.851. The monoisotopic (exact) mass is 427 g/mol. The molecule has 0 amide bonds. The number of carbonyl (C=O) groups is 1. The zero-order chi connectivity index (χ0) is 19.0. The number of ether oxygens (including phenoxy) is 1. The largest absolute Gasteiger partial charge is 0.469 e. The molecular formula is C21H22BrN3O2. The van der Waals surface area contributed by atoms with Crippen LogP contribution < -0.4 is 0 Å². The Kier molecular flexibility index (Phi) is 5.02. The Morgan fingerprint density at radius 3 is 3.04 bits per heavy atom. The Labute approximate surface area is 166 Å². The third-order valence-corrected chi connectivity index (χ3v) is 6.15. The molecule has 1 unspecified atom stereocenters. The van der Waals surface area contributed by atoms with Gasteiger partial charge in [-0.3, -0.25) is 9.69 Å². The van der Waals surface area contributed by atoms with Gasteiger partial charge in [0.2, 0.25) is 0 Å². The van der Waals surface area contributed by atoms with Crippen molar-refractivity contribution in [1.82, 2.24) is 14.9 Å². The minimum atomic E-state index is -0.112. The molecular weight excluding hydrogens is 406 g/mol. The Bertz CT molecular complexity index is 998. The number of H-pyrrole nitrogens is 1. The van der Waals surface area contributed by atoms with Crippen LogP contribution in [0.4, 0.5) is 0 Å². The highest BCUT2D eigenvalue weighted by atomic mass is 79.9. The van der Waals surface area contributed by atoms with Gasteiger partial charge in [-0.15, -0.1) is 0 Å². The van der Waals surface area contributed by atoms with Gasteiger partial charge < -0.3 is 9.72 Å². The Hall–Kier alpha value is -2.18. The van der Waals surface area contributed by atoms with E-state index < -0.39 is 0 Å². The van der Waals surface area contributed by atoms with Crippen LogP contribution in [0.5, 0.6) is 0 Å². The van der Waals surface area contributed by atoms with Crippen molar-refractivity contribution < 1.29 is 9.53 Å². The first-order chi connectivity index (χ1) is 13.0. The first-order valence-electron chi connectivity index (χ1n) is 9.09. The number of benzene rings is 1. The van der Waals surface area contributed by atoms with Crippen LogP contribution in [0.25, 0.3) is 22.3 Å². The standard InChI is InChI=1S/C21H22BrN3O2/c1-13-17(4-3-5-18(13)22)19-10-14-6-7-16(23-20(14)24-19)12-25-9-8-15(11-25)21(26)27-2/h3-7,10,15H,8-9,11-12H2,1-2H3,(H,23,24). The molecule has 3 aromatic rings. The fourth-order valence-electron chi connectivity index (χ4n) is 3.74. The van der Waals surface area contributed by atoms with Gasteiger partial charge in [0.1, 0.15) is 5.65 Å². The van der Waals surface area contributed by atoms with Gasteiger partial charge in [0, 0.05) is 34.2 Å². The second-order valence-corrected chi connectivity index (χ2v) is 7.93. The Morgan fingerprint density at radius 1 is 1.37 bits per heavy atom. The Balaban J connectivity index is 1.55. The lowest BCUT2D eigenvalue weighted by atomic mass is 10.1. The van der Waals surface area contributed by atoms with E-state index in [9.17, 15) is 4.79 Å². The van der Waals surface area contributed by atoms with Crippen LogP contribution in [0, 0.1) is 12.8 Å². The number of methoxy groups -OCH3 is 1. The van der Waals surface area contributed by atoms with Gasteiger partial charge in [0.25, 0.3) is 0 Å². The molecule has 0 spiro atoms. The minimum absolute atomic E-state index is 0.0182. The van der Waals surface area contributed by atoms with Gasteiger partial charge in [0.15, 0.2) is 0 Å². The van der Waals surface area contributed by atoms with Gasteiger partial charge >= 0.3 is 5.97 Å². The molecule has 0 saturated carbocycles. The summed E-state index contributed by atoms with van der Waals surface area (Å²) in [5, 5.41) is 1.10. The number of hydrogen-bond donors (Lipinski definition) is 1. The number of esters is 1. The molecule has 1 aromatic carbocycles. The number of halogens is 1. The smallest absolute Gasteiger partial charge is 0.310 e. The number of aromatic amines is 1. The van der Waals surface area contributed by atoms with Gasteiger partial charge in [-0.05, 0) is 49.7 Å². The first-order valence-corrected chi connectivity index (χ1v) is 9.89. The molecule has 1 atom stereocenters. The maximum absolute atomic E-state index is 11.7. The lowest BCUT2D eigenvalue weighted by Gasteiger charge is -2.14. The normalized spacial score (nSPS) is 17.5. The summed E-state index contributed by atoms with van der Waals surface area (Å²) < 4.78 is 5.96. The zero-order valence-corrected chi connectivity index (χ0v) is 17.0. The maximum atomic E-state index is 11.7. The molecule has 1 aliphatic rings. The molecule has 0 aliphatic carbocycles. The van der Waals surface area contributed by atoms with Crippen molar-refractivity contribution in [2.75, 3.05) is 20.2 Å². The third kappa shape index (κ3) is 3.64. The van der Waals surface area contributed by atoms with Crippen molar-refractivity contribution in [1.29, 1.82) is 0 Å². The van der Waals surface area contributed by atoms with E-state index in [0.717, 1.165) is 52.9 Å². The number of fused-ring (bicyclic) bond motifs is 1. The SMILES string of the molecule is COC(=O)C1CCN(Cc2ccc3cc(-c4cccc(Br)c4C)[nH]c3n2)C1. The van der Waals surface area contributed by atoms with Crippen LogP contribution in [-0.4, -0.2) is 41.0 Å². The summed E-state index contributed by atoms with van der Waals surface area (Å²) >= 11 is 3.60. The average Bonchev–Trinajstić information content (AvgIpc) is 3.30. The number of nitrogens with one attached hydrogen (secondary N) is 1. The number of pyridine rings is 1. The first kappa shape index (κ1) is 18.2. The third-order valence-electron chi connectivity index (χ3n) is 5.29. The van der Waals surface area contributed by atoms with Crippen molar-refractivity contribution in [2.24, 2.45) is 5.92 Å². The van der Waals surface area contributed by atoms with Crippen molar-refractivity contribution in [2.45, 2.75) is 19.9 Å². The molecule has 2 aromatic heterocycles. The van der Waals surface area contributed by atoms with Gasteiger partial charge in [-0.2, -0.15) is 0 Å². The highest BCUT2D eigenvalue weighted by molar-refractivity contribution is 9.10. The number of carbonyl (C=O) groups excluding carboxylic acids is 1. The van der Waals surface area contributed by atoms with Gasteiger partial charge in [-0.25, -0.2) is 4.98 Å². The van der Waals surface area contributed by atoms with Crippen LogP contribution >= 0.6 is 15.9 Å². The fourth-order valence-corrected chi connectivity index (χ4v) is 4.11. The topological polar surface area (TPSA) is 58.2 Å². The number of nitrogens with zero attached hydrogens (tertiary/aromatic N) is 2. The summed E-state index contributed by atoms with van der Waals surface area (Å²) in [4.78, 5) is 22.2. The zero-order valence-electron chi connectivity index (χ0n) is 15.5. The molecule has 4 rings (SSSR count). The summed E-state index contributed by atoms with van der Waals surface area (Å²) in [5.74, 6) is -0.130. The highest BCUT2D eigenvalue weighted by Crippen LogP contribution is 2.30. The molecule has 0 radical (unpaired) electrons. The van der Waals surface area contributed by atoms with E-state index in [2.05, 4.69) is 63.1 Å². The second-order valence-electron chi connectivity index (χ2n) is 7.08. The van der Waals surface area contributed by atoms with Gasteiger partial charge in [-0.1, -0.05) is 28.1 Å². The lowest BCUT2D eigenvalue weighted by Crippen LogP contribution is -2.24. The molecule has 0 bridgehead atoms. The molecule has 6 heteroatoms. The molecule has 1 N–H and O–H groups in total. The van der Waals surface area contributed by atoms with Crippen LogP contribution in [0.15, 0.2) is 40.9 Å². The van der Waals surface area contributed by atoms with Crippen molar-refractivity contribution in [3.8, 4) is 11.3 Å². The Morgan fingerprint density at radius 2 is 2.22 bits per heavy atom. The van der Waals surface area contributed by atoms with Crippen molar-refractivity contribution in [3.63, 3.8) is 0 Å². The van der Waals surface area contributed by atoms with E-state index in [1.54, 1.807) is 0 Å². The number of hydrogen-bond acceptors (Lipinski definition) is 4. The molecule has 1 saturated heterocycles. The fraction of sp³-hybridized carbons (Fsp3) is 0.333. The van der Waals surface area contributed by atoms with E-state index in [1.807, 2.05) is 6.07 Å². The van der Waals surface area contributed by atoms with Crippen LogP contribution in [0.2, 0.25) is 0 Å². The van der Waals surface area contributed by atoms with E-state index in [-0.39, 0.29) is 11.9 Å². The second kappa shape index (κ2) is 7.44. The predicted molar refractivity (Wildman–Crippen MR) is 109 cm³/mol. The summed E-state index contributed by atoms with van der Waals surface area (Å²) in [6, 6.07) is 12.5. The quantitative estimate of drug-likeness (QED) is 0.630. The number of rotatable bonds is 4. The minimum Gasteiger partial charge on any atom is -0.469 e. The van der Waals surface area contributed by atoms with Crippen LogP contribution in [0.1, 0.15) is 17.7 Å². The summed E-state index contributed by atoms with van der Waals surface area (Å²) in [5.41, 5.74) is 5.35. The molecule has 27 heavy (non-hydrogen) atoms. The maximum Gasteiger partial charge on any atom is 0.310 e. The summed E-state index contributed by atoms with van der Waals surface area (Å²) in [6.45, 7) is 4.48.